The van der Waals surface area contributed by atoms with Gasteiger partial charge in [0, 0.05) is 11.6 Å². The fourth-order valence-corrected chi connectivity index (χ4v) is 5.28. The van der Waals surface area contributed by atoms with Crippen LogP contribution < -0.4 is 10.6 Å². The molecule has 1 heterocycles. The molecule has 0 spiro atoms. The van der Waals surface area contributed by atoms with Crippen LogP contribution in [0.4, 0.5) is 0 Å². The van der Waals surface area contributed by atoms with Crippen molar-refractivity contribution < 1.29 is 14.3 Å². The van der Waals surface area contributed by atoms with Gasteiger partial charge in [0.15, 0.2) is 0 Å². The van der Waals surface area contributed by atoms with Gasteiger partial charge in [-0.25, -0.2) is 4.79 Å². The van der Waals surface area contributed by atoms with Crippen LogP contribution >= 0.6 is 23.4 Å². The molecule has 1 aliphatic heterocycles. The van der Waals surface area contributed by atoms with Crippen molar-refractivity contribution in [1.82, 2.24) is 10.6 Å². The quantitative estimate of drug-likeness (QED) is 0.332. The molecule has 38 heavy (non-hydrogen) atoms. The number of allylic oxidation sites excluding steroid dienone is 1. The Morgan fingerprint density at radius 3 is 2.34 bits per heavy atom. The zero-order chi connectivity index (χ0) is 26.9. The highest BCUT2D eigenvalue weighted by Crippen LogP contribution is 2.45. The maximum Gasteiger partial charge on any atom is 0.337 e. The summed E-state index contributed by atoms with van der Waals surface area (Å²) < 4.78 is 5.44. The standard InChI is InChI=1S/C30H26ClN3O3S/c1-2-37-30(36)27-26(22-15-9-10-16-24(22)31)23(17-32)29(34-28(27)21-13-7-4-8-14-21)38-19-25(35)33-18-20-11-5-3-6-12-20/h3-16,26,34H,2,18-19H2,1H3,(H,33,35). The van der Waals surface area contributed by atoms with E-state index in [-0.39, 0.29) is 18.3 Å². The first-order valence-corrected chi connectivity index (χ1v) is 13.5. The van der Waals surface area contributed by atoms with Crippen LogP contribution in [0.15, 0.2) is 101 Å². The van der Waals surface area contributed by atoms with Gasteiger partial charge in [0.1, 0.15) is 0 Å². The Kier molecular flexibility index (Phi) is 9.26. The van der Waals surface area contributed by atoms with Crippen molar-refractivity contribution in [2.75, 3.05) is 12.4 Å². The molecule has 0 fully saturated rings. The lowest BCUT2D eigenvalue weighted by molar-refractivity contribution is -0.138. The van der Waals surface area contributed by atoms with Crippen molar-refractivity contribution in [2.45, 2.75) is 19.4 Å². The first-order chi connectivity index (χ1) is 18.5. The number of hydrogen-bond donors (Lipinski definition) is 2. The Morgan fingerprint density at radius 1 is 1.03 bits per heavy atom. The van der Waals surface area contributed by atoms with Crippen LogP contribution in [0.1, 0.15) is 29.5 Å². The van der Waals surface area contributed by atoms with Crippen LogP contribution in [0.25, 0.3) is 5.70 Å². The van der Waals surface area contributed by atoms with Crippen LogP contribution in [0.2, 0.25) is 5.02 Å². The van der Waals surface area contributed by atoms with Crippen LogP contribution in [0.5, 0.6) is 0 Å². The number of nitrogens with zero attached hydrogens (tertiary/aromatic N) is 1. The van der Waals surface area contributed by atoms with Gasteiger partial charge in [0.05, 0.1) is 46.2 Å². The van der Waals surface area contributed by atoms with Gasteiger partial charge in [0.25, 0.3) is 0 Å². The van der Waals surface area contributed by atoms with Crippen molar-refractivity contribution >= 4 is 40.9 Å². The van der Waals surface area contributed by atoms with E-state index in [2.05, 4.69) is 16.7 Å². The number of nitrogens with one attached hydrogen (secondary N) is 2. The highest BCUT2D eigenvalue weighted by Gasteiger charge is 2.38. The monoisotopic (exact) mass is 543 g/mol. The molecule has 8 heteroatoms. The number of thioether (sulfide) groups is 1. The van der Waals surface area contributed by atoms with Gasteiger partial charge in [-0.1, -0.05) is 102 Å². The summed E-state index contributed by atoms with van der Waals surface area (Å²) in [5, 5.41) is 17.4. The predicted molar refractivity (Wildman–Crippen MR) is 151 cm³/mol. The molecule has 1 amide bonds. The fourth-order valence-electron chi connectivity index (χ4n) is 4.16. The zero-order valence-electron chi connectivity index (χ0n) is 20.7. The van der Waals surface area contributed by atoms with E-state index >= 15 is 0 Å². The molecular weight excluding hydrogens is 518 g/mol. The molecule has 2 N–H and O–H groups in total. The third-order valence-corrected chi connectivity index (χ3v) is 7.27. The molecule has 1 atom stereocenters. The number of ether oxygens (including phenoxy) is 1. The highest BCUT2D eigenvalue weighted by molar-refractivity contribution is 8.03. The predicted octanol–water partition coefficient (Wildman–Crippen LogP) is 5.79. The van der Waals surface area contributed by atoms with Crippen molar-refractivity contribution in [2.24, 2.45) is 0 Å². The molecule has 0 radical (unpaired) electrons. The molecule has 1 aliphatic rings. The number of dihydropyridines is 1. The molecule has 4 rings (SSSR count). The van der Waals surface area contributed by atoms with E-state index in [1.54, 1.807) is 25.1 Å². The van der Waals surface area contributed by atoms with Crippen LogP contribution in [-0.4, -0.2) is 24.2 Å². The smallest absolute Gasteiger partial charge is 0.337 e. The Bertz CT molecular complexity index is 1420. The molecule has 0 saturated carbocycles. The molecule has 6 nitrogen and oxygen atoms in total. The van der Waals surface area contributed by atoms with Crippen LogP contribution in [0, 0.1) is 11.3 Å². The van der Waals surface area contributed by atoms with E-state index in [1.165, 1.54) is 11.8 Å². The Morgan fingerprint density at radius 2 is 1.68 bits per heavy atom. The Labute approximate surface area is 231 Å². The van der Waals surface area contributed by atoms with Gasteiger partial charge in [-0.3, -0.25) is 4.79 Å². The third kappa shape index (κ3) is 6.28. The number of benzene rings is 3. The molecule has 0 bridgehead atoms. The lowest BCUT2D eigenvalue weighted by atomic mass is 9.81. The Balaban J connectivity index is 1.73. The topological polar surface area (TPSA) is 91.2 Å². The second kappa shape index (κ2) is 13.0. The molecule has 3 aromatic rings. The zero-order valence-corrected chi connectivity index (χ0v) is 22.3. The largest absolute Gasteiger partial charge is 0.463 e. The van der Waals surface area contributed by atoms with Crippen molar-refractivity contribution in [3.05, 3.63) is 123 Å². The average molecular weight is 544 g/mol. The van der Waals surface area contributed by atoms with Gasteiger partial charge in [0.2, 0.25) is 5.91 Å². The van der Waals surface area contributed by atoms with Crippen LogP contribution in [-0.2, 0) is 20.9 Å². The van der Waals surface area contributed by atoms with Gasteiger partial charge in [-0.15, -0.1) is 0 Å². The number of halogens is 1. The second-order valence-electron chi connectivity index (χ2n) is 8.36. The number of esters is 1. The number of nitriles is 1. The number of carbonyl (C=O) groups is 2. The minimum atomic E-state index is -0.779. The van der Waals surface area contributed by atoms with E-state index in [4.69, 9.17) is 16.3 Å². The second-order valence-corrected chi connectivity index (χ2v) is 9.75. The van der Waals surface area contributed by atoms with Crippen LogP contribution in [0.3, 0.4) is 0 Å². The average Bonchev–Trinajstić information content (AvgIpc) is 2.95. The summed E-state index contributed by atoms with van der Waals surface area (Å²) in [4.78, 5) is 26.1. The molecule has 1 unspecified atom stereocenters. The summed E-state index contributed by atoms with van der Waals surface area (Å²) in [6.45, 7) is 2.31. The fraction of sp³-hybridized carbons (Fsp3) is 0.167. The molecule has 192 valence electrons. The number of amides is 1. The summed E-state index contributed by atoms with van der Waals surface area (Å²) in [6.07, 6.45) is 0. The van der Waals surface area contributed by atoms with E-state index in [1.807, 2.05) is 66.7 Å². The van der Waals surface area contributed by atoms with Gasteiger partial charge in [-0.05, 0) is 29.7 Å². The van der Waals surface area contributed by atoms with Crippen molar-refractivity contribution in [3.63, 3.8) is 0 Å². The molecular formula is C30H26ClN3O3S. The van der Waals surface area contributed by atoms with E-state index in [0.29, 0.717) is 39.0 Å². The summed E-state index contributed by atoms with van der Waals surface area (Å²) in [6, 6.07) is 28.4. The minimum Gasteiger partial charge on any atom is -0.463 e. The molecule has 0 aliphatic carbocycles. The highest BCUT2D eigenvalue weighted by atomic mass is 35.5. The first kappa shape index (κ1) is 27.1. The number of hydrogen-bond acceptors (Lipinski definition) is 6. The van der Waals surface area contributed by atoms with E-state index in [9.17, 15) is 14.9 Å². The molecule has 3 aromatic carbocycles. The third-order valence-electron chi connectivity index (χ3n) is 5.90. The van der Waals surface area contributed by atoms with Gasteiger partial charge in [-0.2, -0.15) is 5.26 Å². The van der Waals surface area contributed by atoms with E-state index in [0.717, 1.165) is 11.1 Å². The van der Waals surface area contributed by atoms with Gasteiger partial charge < -0.3 is 15.4 Å². The SMILES string of the molecule is CCOC(=O)C1=C(c2ccccc2)NC(SCC(=O)NCc2ccccc2)=C(C#N)C1c1ccccc1Cl. The lowest BCUT2D eigenvalue weighted by Crippen LogP contribution is -2.30. The minimum absolute atomic E-state index is 0.0758. The number of rotatable bonds is 9. The summed E-state index contributed by atoms with van der Waals surface area (Å²) in [5.41, 5.74) is 3.44. The molecule has 0 aromatic heterocycles. The summed E-state index contributed by atoms with van der Waals surface area (Å²) in [5.74, 6) is -1.42. The van der Waals surface area contributed by atoms with E-state index < -0.39 is 11.9 Å². The van der Waals surface area contributed by atoms with Gasteiger partial charge >= 0.3 is 5.97 Å². The first-order valence-electron chi connectivity index (χ1n) is 12.1. The maximum atomic E-state index is 13.4. The van der Waals surface area contributed by atoms with Crippen molar-refractivity contribution in [1.29, 1.82) is 5.26 Å². The number of carbonyl (C=O) groups excluding carboxylic acids is 2. The normalized spacial score (nSPS) is 14.9. The molecule has 0 saturated heterocycles. The summed E-state index contributed by atoms with van der Waals surface area (Å²) >= 11 is 7.81. The van der Waals surface area contributed by atoms with Crippen molar-refractivity contribution in [3.8, 4) is 6.07 Å². The maximum absolute atomic E-state index is 13.4. The lowest BCUT2D eigenvalue weighted by Gasteiger charge is -2.31. The Hall–Kier alpha value is -3.99. The summed E-state index contributed by atoms with van der Waals surface area (Å²) in [7, 11) is 0.